The summed E-state index contributed by atoms with van der Waals surface area (Å²) in [6, 6.07) is 1.48. The molecule has 1 aromatic rings. The molecule has 1 saturated heterocycles. The number of rotatable bonds is 8. The fourth-order valence-electron chi connectivity index (χ4n) is 7.03. The van der Waals surface area contributed by atoms with Crippen molar-refractivity contribution in [2.75, 3.05) is 13.2 Å². The first-order valence-corrected chi connectivity index (χ1v) is 19.5. The van der Waals surface area contributed by atoms with Crippen LogP contribution in [0, 0.1) is 23.6 Å². The maximum absolute atomic E-state index is 14.5. The number of alkyl halides is 4. The van der Waals surface area contributed by atoms with Gasteiger partial charge in [0.1, 0.15) is 41.0 Å². The first-order valence-electron chi connectivity index (χ1n) is 18.0. The van der Waals surface area contributed by atoms with Crippen LogP contribution in [0.15, 0.2) is 36.4 Å². The normalized spacial score (nSPS) is 30.3. The van der Waals surface area contributed by atoms with E-state index >= 15 is 0 Å². The molecule has 13 nitrogen and oxygen atoms in total. The number of fused-ring (bicyclic) bond motifs is 2. The Kier molecular flexibility index (Phi) is 11.7. The SMILES string of the molecule is C[C@H]1CC/C=C\[C@@H]2C[C@@]2(C(=O)NS(=O)(=O)C2(CF)CC2)NC(=O)[C@@H]2C[C@@H](OC(=O)c3cccc(F)c3)CN2C(=O)[C@@H](NC(=O)OC(C)(C)C(F)(F)F)[C@H](C)C1. The van der Waals surface area contributed by atoms with Crippen molar-refractivity contribution in [2.24, 2.45) is 17.8 Å². The van der Waals surface area contributed by atoms with Crippen molar-refractivity contribution < 1.29 is 63.8 Å². The smallest absolute Gasteiger partial charge is 0.427 e. The van der Waals surface area contributed by atoms with Crippen molar-refractivity contribution >= 4 is 39.8 Å². The van der Waals surface area contributed by atoms with Crippen LogP contribution < -0.4 is 15.4 Å². The number of alkyl carbamates (subject to hydrolysis) is 1. The van der Waals surface area contributed by atoms with Crippen molar-refractivity contribution in [3.8, 4) is 0 Å². The molecule has 2 aliphatic heterocycles. The van der Waals surface area contributed by atoms with E-state index in [1.165, 1.54) is 12.1 Å². The number of nitrogens with one attached hydrogen (secondary N) is 3. The van der Waals surface area contributed by atoms with E-state index in [4.69, 9.17) is 9.47 Å². The Balaban J connectivity index is 1.49. The number of halogens is 5. The predicted octanol–water partition coefficient (Wildman–Crippen LogP) is 4.22. The Morgan fingerprint density at radius 2 is 1.78 bits per heavy atom. The van der Waals surface area contributed by atoms with Crippen LogP contribution in [0.4, 0.5) is 26.7 Å². The summed E-state index contributed by atoms with van der Waals surface area (Å²) in [6.07, 6.45) is -3.47. The Bertz CT molecular complexity index is 1840. The van der Waals surface area contributed by atoms with E-state index in [0.29, 0.717) is 26.7 Å². The Hall–Kier alpha value is -4.29. The van der Waals surface area contributed by atoms with Gasteiger partial charge in [-0.1, -0.05) is 32.1 Å². The summed E-state index contributed by atoms with van der Waals surface area (Å²) in [6.45, 7) is 3.03. The molecule has 1 aromatic carbocycles. The molecular weight excluding hydrogens is 759 g/mol. The number of hydrogen-bond acceptors (Lipinski definition) is 9. The van der Waals surface area contributed by atoms with E-state index < -0.39 is 111 Å². The first-order chi connectivity index (χ1) is 25.5. The number of carbonyl (C=O) groups excluding carboxylic acids is 5. The van der Waals surface area contributed by atoms with Crippen LogP contribution in [0.3, 0.4) is 0 Å². The molecule has 0 unspecified atom stereocenters. The van der Waals surface area contributed by atoms with E-state index in [9.17, 15) is 54.3 Å². The average molecular weight is 805 g/mol. The van der Waals surface area contributed by atoms with E-state index in [0.717, 1.165) is 17.0 Å². The second-order valence-corrected chi connectivity index (χ2v) is 17.7. The third-order valence-electron chi connectivity index (χ3n) is 10.9. The molecule has 0 aromatic heterocycles. The zero-order valence-electron chi connectivity index (χ0n) is 30.7. The number of amides is 4. The predicted molar refractivity (Wildman–Crippen MR) is 185 cm³/mol. The van der Waals surface area contributed by atoms with E-state index in [1.807, 2.05) is 11.6 Å². The maximum atomic E-state index is 14.5. The molecular formula is C36H45F5N4O9S. The second-order valence-electron chi connectivity index (χ2n) is 15.6. The summed E-state index contributed by atoms with van der Waals surface area (Å²) >= 11 is 0. The van der Waals surface area contributed by atoms with Crippen LogP contribution in [-0.2, 0) is 33.9 Å². The topological polar surface area (TPSA) is 177 Å². The van der Waals surface area contributed by atoms with Gasteiger partial charge in [0, 0.05) is 12.3 Å². The third kappa shape index (κ3) is 8.91. The summed E-state index contributed by atoms with van der Waals surface area (Å²) in [5.41, 5.74) is -4.95. The lowest BCUT2D eigenvalue weighted by molar-refractivity contribution is -0.244. The molecule has 3 N–H and O–H groups in total. The third-order valence-corrected chi connectivity index (χ3v) is 13.0. The van der Waals surface area contributed by atoms with Crippen molar-refractivity contribution in [3.05, 3.63) is 47.8 Å². The van der Waals surface area contributed by atoms with Crippen LogP contribution in [0.2, 0.25) is 0 Å². The van der Waals surface area contributed by atoms with Gasteiger partial charge in [0.25, 0.3) is 5.91 Å². The lowest BCUT2D eigenvalue weighted by atomic mass is 9.88. The fourth-order valence-corrected chi connectivity index (χ4v) is 8.46. The van der Waals surface area contributed by atoms with Gasteiger partial charge in [-0.15, -0.1) is 0 Å². The highest BCUT2D eigenvalue weighted by atomic mass is 32.2. The van der Waals surface area contributed by atoms with Gasteiger partial charge in [-0.3, -0.25) is 19.1 Å². The Labute approximate surface area is 315 Å². The van der Waals surface area contributed by atoms with Gasteiger partial charge in [-0.25, -0.2) is 26.8 Å². The molecule has 4 amide bonds. The van der Waals surface area contributed by atoms with Crippen LogP contribution in [0.1, 0.15) is 83.0 Å². The lowest BCUT2D eigenvalue weighted by Crippen LogP contribution is -2.60. The molecule has 5 rings (SSSR count). The maximum Gasteiger partial charge on any atom is 0.427 e. The molecule has 0 radical (unpaired) electrons. The summed E-state index contributed by atoms with van der Waals surface area (Å²) in [4.78, 5) is 69.4. The van der Waals surface area contributed by atoms with Gasteiger partial charge < -0.3 is 25.0 Å². The summed E-state index contributed by atoms with van der Waals surface area (Å²) in [5, 5.41) is 4.86. The monoisotopic (exact) mass is 804 g/mol. The molecule has 0 spiro atoms. The lowest BCUT2D eigenvalue weighted by Gasteiger charge is -2.34. The van der Waals surface area contributed by atoms with Gasteiger partial charge in [-0.2, -0.15) is 13.2 Å². The molecule has 4 aliphatic rings. The Morgan fingerprint density at radius 3 is 2.40 bits per heavy atom. The summed E-state index contributed by atoms with van der Waals surface area (Å²) < 4.78 is 105. The quantitative estimate of drug-likeness (QED) is 0.197. The minimum Gasteiger partial charge on any atom is -0.457 e. The number of sulfonamides is 1. The molecule has 2 aliphatic carbocycles. The summed E-state index contributed by atoms with van der Waals surface area (Å²) in [5.74, 6) is -6.30. The zero-order valence-corrected chi connectivity index (χ0v) is 31.5. The second kappa shape index (κ2) is 15.3. The van der Waals surface area contributed by atoms with Gasteiger partial charge in [0.05, 0.1) is 12.1 Å². The number of allylic oxidation sites excluding steroid dienone is 1. The molecule has 2 saturated carbocycles. The molecule has 55 heavy (non-hydrogen) atoms. The van der Waals surface area contributed by atoms with Crippen LogP contribution in [-0.4, -0.2) is 96.6 Å². The van der Waals surface area contributed by atoms with Crippen molar-refractivity contribution in [3.63, 3.8) is 0 Å². The van der Waals surface area contributed by atoms with E-state index in [2.05, 4.69) is 10.6 Å². The van der Waals surface area contributed by atoms with Gasteiger partial charge >= 0.3 is 18.2 Å². The van der Waals surface area contributed by atoms with Gasteiger partial charge in [0.15, 0.2) is 0 Å². The molecule has 19 heteroatoms. The number of nitrogens with zero attached hydrogens (tertiary/aromatic N) is 1. The molecule has 3 fully saturated rings. The molecule has 7 atom stereocenters. The highest BCUT2D eigenvalue weighted by Crippen LogP contribution is 2.48. The minimum absolute atomic E-state index is 0.00324. The fraction of sp³-hybridized carbons (Fsp3) is 0.639. The molecule has 304 valence electrons. The highest BCUT2D eigenvalue weighted by molar-refractivity contribution is 7.91. The zero-order chi connectivity index (χ0) is 40.7. The minimum atomic E-state index is -4.96. The van der Waals surface area contributed by atoms with Crippen molar-refractivity contribution in [2.45, 2.75) is 113 Å². The van der Waals surface area contributed by atoms with Gasteiger partial charge in [0.2, 0.25) is 27.4 Å². The largest absolute Gasteiger partial charge is 0.457 e. The number of ether oxygens (including phenoxy) is 2. The van der Waals surface area contributed by atoms with Crippen LogP contribution in [0.5, 0.6) is 0 Å². The number of carbonyl (C=O) groups is 5. The number of benzene rings is 1. The summed E-state index contributed by atoms with van der Waals surface area (Å²) in [7, 11) is -4.50. The first kappa shape index (κ1) is 41.9. The van der Waals surface area contributed by atoms with Crippen molar-refractivity contribution in [1.29, 1.82) is 0 Å². The molecule has 2 heterocycles. The number of hydrogen-bond donors (Lipinski definition) is 3. The highest BCUT2D eigenvalue weighted by Gasteiger charge is 2.64. The standard InChI is InChI=1S/C36H45F5N4O9S/c1-20-8-5-6-10-23-17-35(23,31(49)44-55(51,52)34(19-37)12-13-34)43-28(46)26-16-25(53-30(48)22-9-7-11-24(38)15-22)18-45(26)29(47)27(21(2)14-20)42-32(50)54-33(3,4)36(39,40)41/h6-7,9-11,15,20-21,23,25-27H,5,8,12-14,16-19H2,1-4H3,(H,42,50)(H,43,46)(H,44,49)/b10-6-/t20-,21+,23+,25+,26-,27-,35+/m0/s1. The average Bonchev–Trinajstić information content (AvgIpc) is 3.99. The van der Waals surface area contributed by atoms with E-state index in [-0.39, 0.29) is 43.6 Å². The van der Waals surface area contributed by atoms with Crippen LogP contribution in [0.25, 0.3) is 0 Å². The number of esters is 1. The van der Waals surface area contributed by atoms with E-state index in [1.54, 1.807) is 19.1 Å². The van der Waals surface area contributed by atoms with Crippen LogP contribution >= 0.6 is 0 Å². The van der Waals surface area contributed by atoms with Gasteiger partial charge in [-0.05, 0) is 82.4 Å². The van der Waals surface area contributed by atoms with Crippen molar-refractivity contribution in [1.82, 2.24) is 20.3 Å². The Morgan fingerprint density at radius 1 is 1.09 bits per heavy atom. The molecule has 0 bridgehead atoms.